The van der Waals surface area contributed by atoms with Crippen LogP contribution in [0.4, 0.5) is 27.6 Å². The maximum absolute atomic E-state index is 14.8. The van der Waals surface area contributed by atoms with Crippen LogP contribution in [0.15, 0.2) is 35.1 Å². The van der Waals surface area contributed by atoms with E-state index in [1.807, 2.05) is 0 Å². The lowest BCUT2D eigenvalue weighted by Gasteiger charge is -2.26. The normalized spacial score (nSPS) is 13.6. The van der Waals surface area contributed by atoms with E-state index in [-0.39, 0.29) is 41.8 Å². The fourth-order valence-electron chi connectivity index (χ4n) is 5.22. The number of aryl methyl sites for hydroxylation is 1. The maximum atomic E-state index is 14.8. The average molecular weight is 622 g/mol. The highest BCUT2D eigenvalue weighted by Gasteiger charge is 2.38. The molecule has 0 aliphatic carbocycles. The highest BCUT2D eigenvalue weighted by molar-refractivity contribution is 5.97. The number of hydrogen-bond donors (Lipinski definition) is 2. The van der Waals surface area contributed by atoms with Gasteiger partial charge in [-0.15, -0.1) is 0 Å². The van der Waals surface area contributed by atoms with Crippen molar-refractivity contribution < 1.29 is 41.0 Å². The Bertz CT molecular complexity index is 1640. The minimum atomic E-state index is -4.83. The van der Waals surface area contributed by atoms with E-state index in [9.17, 15) is 36.3 Å². The molecule has 0 spiro atoms. The fraction of sp³-hybridized carbons (Fsp3) is 0.387. The second-order valence-electron chi connectivity index (χ2n) is 10.8. The van der Waals surface area contributed by atoms with Crippen molar-refractivity contribution in [3.63, 3.8) is 0 Å². The lowest BCUT2D eigenvalue weighted by atomic mass is 9.89. The number of pyridine rings is 1. The quantitative estimate of drug-likeness (QED) is 0.261. The summed E-state index contributed by atoms with van der Waals surface area (Å²) < 4.78 is 83.7. The maximum Gasteiger partial charge on any atom is 0.417 e. The smallest absolute Gasteiger partial charge is 0.417 e. The van der Waals surface area contributed by atoms with Crippen LogP contribution in [-0.2, 0) is 35.6 Å². The zero-order valence-corrected chi connectivity index (χ0v) is 24.7. The van der Waals surface area contributed by atoms with Gasteiger partial charge in [-0.05, 0) is 62.9 Å². The molecule has 0 fully saturated rings. The van der Waals surface area contributed by atoms with Gasteiger partial charge in [0.15, 0.2) is 0 Å². The van der Waals surface area contributed by atoms with Gasteiger partial charge in [0, 0.05) is 36.5 Å². The number of fused-ring (bicyclic) bond motifs is 1. The molecule has 0 saturated heterocycles. The molecule has 13 heteroatoms. The van der Waals surface area contributed by atoms with Crippen molar-refractivity contribution in [2.24, 2.45) is 7.05 Å². The standard InChI is InChI=1S/C31H32F5N3O5/c1-15(2)37-18-13-22(32)26(23(33)14-18)28(40)38-24(30(42)43-5)12-17-8-9-20(27-19(17)7-6-10-44-27)25-21(31(34,35)36)11-16(3)39(4)29(25)41/h8-9,11,13-15,24,37H,6-7,10,12H2,1-5H3,(H,38,40)/t24-/m0/s1. The van der Waals surface area contributed by atoms with Crippen LogP contribution in [-0.4, -0.2) is 42.2 Å². The number of aromatic nitrogens is 1. The number of halogens is 5. The van der Waals surface area contributed by atoms with E-state index in [4.69, 9.17) is 9.47 Å². The van der Waals surface area contributed by atoms with E-state index < -0.39 is 58.0 Å². The number of carbonyl (C=O) groups excluding carboxylic acids is 2. The summed E-state index contributed by atoms with van der Waals surface area (Å²) in [6.45, 7) is 5.10. The summed E-state index contributed by atoms with van der Waals surface area (Å²) in [5.74, 6) is -4.36. The molecule has 0 radical (unpaired) electrons. The minimum Gasteiger partial charge on any atom is -0.493 e. The molecule has 2 N–H and O–H groups in total. The van der Waals surface area contributed by atoms with Crippen molar-refractivity contribution in [2.75, 3.05) is 19.0 Å². The number of anilines is 1. The molecule has 4 rings (SSSR count). The van der Waals surface area contributed by atoms with Gasteiger partial charge < -0.3 is 24.7 Å². The summed E-state index contributed by atoms with van der Waals surface area (Å²) in [6, 6.07) is 4.01. The van der Waals surface area contributed by atoms with Crippen molar-refractivity contribution in [2.45, 2.75) is 58.3 Å². The first-order chi connectivity index (χ1) is 20.6. The number of alkyl halides is 3. The predicted molar refractivity (Wildman–Crippen MR) is 153 cm³/mol. The van der Waals surface area contributed by atoms with Crippen LogP contribution in [0, 0.1) is 18.6 Å². The first kappa shape index (κ1) is 32.5. The number of carbonyl (C=O) groups is 2. The number of nitrogens with one attached hydrogen (secondary N) is 2. The molecule has 0 saturated carbocycles. The number of benzene rings is 2. The number of ether oxygens (including phenoxy) is 2. The minimum absolute atomic E-state index is 0.0560. The Balaban J connectivity index is 1.75. The molecule has 2 heterocycles. The summed E-state index contributed by atoms with van der Waals surface area (Å²) in [7, 11) is 2.44. The first-order valence-electron chi connectivity index (χ1n) is 13.8. The molecule has 1 aromatic heterocycles. The first-order valence-corrected chi connectivity index (χ1v) is 13.8. The van der Waals surface area contributed by atoms with Crippen molar-refractivity contribution in [1.29, 1.82) is 0 Å². The van der Waals surface area contributed by atoms with Crippen LogP contribution < -0.4 is 20.9 Å². The molecule has 236 valence electrons. The zero-order chi connectivity index (χ0) is 32.5. The molecule has 1 aliphatic heterocycles. The second-order valence-corrected chi connectivity index (χ2v) is 10.8. The van der Waals surface area contributed by atoms with Gasteiger partial charge in [0.25, 0.3) is 11.5 Å². The Morgan fingerprint density at radius 1 is 1.11 bits per heavy atom. The van der Waals surface area contributed by atoms with E-state index in [1.165, 1.54) is 26.1 Å². The van der Waals surface area contributed by atoms with Crippen LogP contribution in [0.1, 0.15) is 53.0 Å². The molecule has 2 aromatic carbocycles. The van der Waals surface area contributed by atoms with Crippen LogP contribution in [0.25, 0.3) is 11.1 Å². The van der Waals surface area contributed by atoms with Crippen LogP contribution in [0.2, 0.25) is 0 Å². The Kier molecular flexibility index (Phi) is 9.36. The third-order valence-electron chi connectivity index (χ3n) is 7.36. The largest absolute Gasteiger partial charge is 0.493 e. The van der Waals surface area contributed by atoms with Gasteiger partial charge in [-0.1, -0.05) is 12.1 Å². The SMILES string of the molecule is COC(=O)[C@H](Cc1ccc(-c2c(C(F)(F)F)cc(C)n(C)c2=O)c2c1CCCO2)NC(=O)c1c(F)cc(NC(C)C)cc1F. The lowest BCUT2D eigenvalue weighted by Crippen LogP contribution is -2.43. The summed E-state index contributed by atoms with van der Waals surface area (Å²) in [4.78, 5) is 38.9. The molecule has 1 atom stereocenters. The van der Waals surface area contributed by atoms with E-state index in [2.05, 4.69) is 10.6 Å². The summed E-state index contributed by atoms with van der Waals surface area (Å²) in [6.07, 6.45) is -4.24. The third-order valence-corrected chi connectivity index (χ3v) is 7.36. The molecule has 44 heavy (non-hydrogen) atoms. The summed E-state index contributed by atoms with van der Waals surface area (Å²) >= 11 is 0. The second kappa shape index (κ2) is 12.7. The van der Waals surface area contributed by atoms with Crippen LogP contribution in [0.5, 0.6) is 5.75 Å². The van der Waals surface area contributed by atoms with Crippen LogP contribution in [0.3, 0.4) is 0 Å². The third kappa shape index (κ3) is 6.56. The molecular formula is C31H32F5N3O5. The van der Waals surface area contributed by atoms with E-state index in [1.54, 1.807) is 13.8 Å². The van der Waals surface area contributed by atoms with Crippen LogP contribution >= 0.6 is 0 Å². The topological polar surface area (TPSA) is 98.7 Å². The molecule has 0 bridgehead atoms. The molecule has 1 aliphatic rings. The average Bonchev–Trinajstić information content (AvgIpc) is 2.94. The number of hydrogen-bond acceptors (Lipinski definition) is 6. The molecular weight excluding hydrogens is 589 g/mol. The molecule has 0 unspecified atom stereocenters. The summed E-state index contributed by atoms with van der Waals surface area (Å²) in [5, 5.41) is 5.16. The zero-order valence-electron chi connectivity index (χ0n) is 24.7. The molecule has 1 amide bonds. The number of amides is 1. The van der Waals surface area contributed by atoms with Crippen molar-refractivity contribution in [3.8, 4) is 16.9 Å². The predicted octanol–water partition coefficient (Wildman–Crippen LogP) is 5.32. The lowest BCUT2D eigenvalue weighted by molar-refractivity contribution is -0.143. The Hall–Kier alpha value is -4.42. The Morgan fingerprint density at radius 2 is 1.77 bits per heavy atom. The molecule has 8 nitrogen and oxygen atoms in total. The number of esters is 1. The van der Waals surface area contributed by atoms with E-state index in [0.717, 1.165) is 29.9 Å². The van der Waals surface area contributed by atoms with E-state index in [0.29, 0.717) is 24.0 Å². The van der Waals surface area contributed by atoms with E-state index >= 15 is 0 Å². The van der Waals surface area contributed by atoms with Gasteiger partial charge in [0.1, 0.15) is 29.0 Å². The van der Waals surface area contributed by atoms with Gasteiger partial charge >= 0.3 is 12.1 Å². The van der Waals surface area contributed by atoms with Crippen molar-refractivity contribution in [3.05, 3.63) is 80.3 Å². The van der Waals surface area contributed by atoms with Gasteiger partial charge in [-0.25, -0.2) is 13.6 Å². The number of rotatable bonds is 8. The summed E-state index contributed by atoms with van der Waals surface area (Å²) in [5.41, 5.74) is -2.41. The fourth-order valence-corrected chi connectivity index (χ4v) is 5.22. The molecule has 3 aromatic rings. The number of methoxy groups -OCH3 is 1. The highest BCUT2D eigenvalue weighted by Crippen LogP contribution is 2.43. The Labute approximate surface area is 250 Å². The van der Waals surface area contributed by atoms with Gasteiger partial charge in [0.2, 0.25) is 0 Å². The Morgan fingerprint density at radius 3 is 2.36 bits per heavy atom. The number of nitrogens with zero attached hydrogens (tertiary/aromatic N) is 1. The van der Waals surface area contributed by atoms with Crippen molar-refractivity contribution >= 4 is 17.6 Å². The van der Waals surface area contributed by atoms with Gasteiger partial charge in [-0.2, -0.15) is 13.2 Å². The van der Waals surface area contributed by atoms with Gasteiger partial charge in [-0.3, -0.25) is 9.59 Å². The monoisotopic (exact) mass is 621 g/mol. The van der Waals surface area contributed by atoms with Gasteiger partial charge in [0.05, 0.1) is 24.8 Å². The highest BCUT2D eigenvalue weighted by atomic mass is 19.4. The van der Waals surface area contributed by atoms with Crippen molar-refractivity contribution in [1.82, 2.24) is 9.88 Å².